The average Bonchev–Trinajstić information content (AvgIpc) is 3.35. The number of esters is 1. The molecule has 32 heavy (non-hydrogen) atoms. The third-order valence-corrected chi connectivity index (χ3v) is 5.47. The molecule has 160 valence electrons. The number of hydrogen-bond acceptors (Lipinski definition) is 6. The van der Waals surface area contributed by atoms with Crippen molar-refractivity contribution in [3.05, 3.63) is 94.2 Å². The zero-order valence-corrected chi connectivity index (χ0v) is 18.1. The van der Waals surface area contributed by atoms with Crippen molar-refractivity contribution in [1.29, 1.82) is 0 Å². The van der Waals surface area contributed by atoms with E-state index in [2.05, 4.69) is 10.5 Å². The molecule has 0 aliphatic heterocycles. The quantitative estimate of drug-likeness (QED) is 0.182. The molecule has 6 nitrogen and oxygen atoms in total. The summed E-state index contributed by atoms with van der Waals surface area (Å²) in [7, 11) is 0. The summed E-state index contributed by atoms with van der Waals surface area (Å²) in [5.41, 5.74) is 3.65. The maximum atomic E-state index is 12.9. The van der Waals surface area contributed by atoms with Crippen LogP contribution in [0.3, 0.4) is 0 Å². The fourth-order valence-electron chi connectivity index (χ4n) is 3.14. The summed E-state index contributed by atoms with van der Waals surface area (Å²) >= 11 is 1.34. The van der Waals surface area contributed by atoms with Crippen molar-refractivity contribution in [2.24, 2.45) is 5.10 Å². The molecule has 4 aromatic rings. The Labute approximate surface area is 189 Å². The van der Waals surface area contributed by atoms with Crippen LogP contribution in [-0.2, 0) is 0 Å². The number of thiophene rings is 1. The molecule has 3 aromatic carbocycles. The van der Waals surface area contributed by atoms with E-state index in [1.54, 1.807) is 36.4 Å². The lowest BCUT2D eigenvalue weighted by Gasteiger charge is -2.12. The van der Waals surface area contributed by atoms with E-state index in [0.717, 1.165) is 10.8 Å². The predicted octanol–water partition coefficient (Wildman–Crippen LogP) is 5.28. The molecule has 0 atom stereocenters. The van der Waals surface area contributed by atoms with Crippen LogP contribution in [0.5, 0.6) is 11.5 Å². The van der Waals surface area contributed by atoms with Gasteiger partial charge in [0.25, 0.3) is 5.91 Å². The van der Waals surface area contributed by atoms with Crippen LogP contribution in [-0.4, -0.2) is 24.7 Å². The maximum Gasteiger partial charge on any atom is 0.344 e. The number of fused-ring (bicyclic) bond motifs is 1. The summed E-state index contributed by atoms with van der Waals surface area (Å²) in [6.07, 6.45) is 1.50. The molecule has 0 unspecified atom stereocenters. The molecule has 1 amide bonds. The van der Waals surface area contributed by atoms with Gasteiger partial charge in [0.15, 0.2) is 11.5 Å². The van der Waals surface area contributed by atoms with Gasteiger partial charge in [-0.25, -0.2) is 10.2 Å². The number of amides is 1. The van der Waals surface area contributed by atoms with Crippen molar-refractivity contribution in [2.75, 3.05) is 6.61 Å². The second-order valence-corrected chi connectivity index (χ2v) is 7.68. The summed E-state index contributed by atoms with van der Waals surface area (Å²) in [6, 6.07) is 21.8. The van der Waals surface area contributed by atoms with Gasteiger partial charge >= 0.3 is 5.97 Å². The molecule has 7 heteroatoms. The van der Waals surface area contributed by atoms with Gasteiger partial charge in [-0.15, -0.1) is 11.3 Å². The SMILES string of the molecule is CCOc1cc(/C=N/NC(=O)c2cccs2)ccc1OC(=O)c1cccc2ccccc12. The summed E-state index contributed by atoms with van der Waals surface area (Å²) in [4.78, 5) is 25.4. The second-order valence-electron chi connectivity index (χ2n) is 6.73. The molecular formula is C25H20N2O4S. The van der Waals surface area contributed by atoms with E-state index in [1.165, 1.54) is 17.6 Å². The largest absolute Gasteiger partial charge is 0.490 e. The summed E-state index contributed by atoms with van der Waals surface area (Å²) < 4.78 is 11.3. The van der Waals surface area contributed by atoms with Crippen molar-refractivity contribution in [3.63, 3.8) is 0 Å². The molecule has 1 N–H and O–H groups in total. The minimum absolute atomic E-state index is 0.276. The van der Waals surface area contributed by atoms with E-state index in [-0.39, 0.29) is 5.91 Å². The van der Waals surface area contributed by atoms with Gasteiger partial charge in [-0.1, -0.05) is 42.5 Å². The van der Waals surface area contributed by atoms with Crippen LogP contribution in [0.2, 0.25) is 0 Å². The molecule has 0 bridgehead atoms. The third-order valence-electron chi connectivity index (χ3n) is 4.60. The molecule has 0 fully saturated rings. The number of rotatable bonds is 7. The van der Waals surface area contributed by atoms with Gasteiger partial charge in [0.05, 0.1) is 23.3 Å². The Morgan fingerprint density at radius 2 is 1.84 bits per heavy atom. The Morgan fingerprint density at radius 3 is 2.66 bits per heavy atom. The topological polar surface area (TPSA) is 77.0 Å². The van der Waals surface area contributed by atoms with Gasteiger partial charge < -0.3 is 9.47 Å². The van der Waals surface area contributed by atoms with E-state index in [0.29, 0.717) is 34.1 Å². The van der Waals surface area contributed by atoms with Gasteiger partial charge in [0.1, 0.15) is 0 Å². The Bertz CT molecular complexity index is 1280. The Balaban J connectivity index is 1.52. The first-order chi connectivity index (χ1) is 15.7. The van der Waals surface area contributed by atoms with Crippen LogP contribution in [0.15, 0.2) is 83.3 Å². The summed E-state index contributed by atoms with van der Waals surface area (Å²) in [5.74, 6) is -0.0199. The first-order valence-electron chi connectivity index (χ1n) is 9.99. The zero-order valence-electron chi connectivity index (χ0n) is 17.3. The van der Waals surface area contributed by atoms with Gasteiger partial charge in [-0.05, 0) is 59.0 Å². The maximum absolute atomic E-state index is 12.9. The highest BCUT2D eigenvalue weighted by Crippen LogP contribution is 2.30. The van der Waals surface area contributed by atoms with Gasteiger partial charge in [-0.3, -0.25) is 4.79 Å². The molecule has 0 saturated carbocycles. The number of nitrogens with zero attached hydrogens (tertiary/aromatic N) is 1. The molecule has 0 aliphatic carbocycles. The Kier molecular flexibility index (Phi) is 6.57. The molecule has 0 radical (unpaired) electrons. The Morgan fingerprint density at radius 1 is 1.00 bits per heavy atom. The molecular weight excluding hydrogens is 424 g/mol. The van der Waals surface area contributed by atoms with E-state index >= 15 is 0 Å². The Hall–Kier alpha value is -3.97. The number of ether oxygens (including phenoxy) is 2. The summed E-state index contributed by atoms with van der Waals surface area (Å²) in [5, 5.41) is 7.60. The van der Waals surface area contributed by atoms with E-state index < -0.39 is 5.97 Å². The lowest BCUT2D eigenvalue weighted by molar-refractivity contribution is 0.0730. The fraction of sp³-hybridized carbons (Fsp3) is 0.0800. The predicted molar refractivity (Wildman–Crippen MR) is 126 cm³/mol. The lowest BCUT2D eigenvalue weighted by atomic mass is 10.0. The van der Waals surface area contributed by atoms with Gasteiger partial charge in [0, 0.05) is 0 Å². The molecule has 1 aromatic heterocycles. The van der Waals surface area contributed by atoms with E-state index in [1.807, 2.05) is 48.7 Å². The number of carbonyl (C=O) groups is 2. The normalized spacial score (nSPS) is 10.9. The number of benzene rings is 3. The van der Waals surface area contributed by atoms with Crippen LogP contribution in [0.1, 0.15) is 32.5 Å². The highest BCUT2D eigenvalue weighted by molar-refractivity contribution is 7.12. The van der Waals surface area contributed by atoms with Gasteiger partial charge in [0.2, 0.25) is 0 Å². The van der Waals surface area contributed by atoms with Crippen molar-refractivity contribution >= 4 is 40.2 Å². The zero-order chi connectivity index (χ0) is 22.3. The lowest BCUT2D eigenvalue weighted by Crippen LogP contribution is -2.16. The molecule has 0 aliphatic rings. The first-order valence-corrected chi connectivity index (χ1v) is 10.9. The van der Waals surface area contributed by atoms with Crippen molar-refractivity contribution in [2.45, 2.75) is 6.92 Å². The number of nitrogens with one attached hydrogen (secondary N) is 1. The number of hydrogen-bond donors (Lipinski definition) is 1. The minimum Gasteiger partial charge on any atom is -0.490 e. The highest BCUT2D eigenvalue weighted by Gasteiger charge is 2.15. The van der Waals surface area contributed by atoms with Crippen molar-refractivity contribution in [1.82, 2.24) is 5.43 Å². The van der Waals surface area contributed by atoms with Gasteiger partial charge in [-0.2, -0.15) is 5.10 Å². The fourth-order valence-corrected chi connectivity index (χ4v) is 3.76. The standard InChI is InChI=1S/C25H20N2O4S/c1-2-30-22-15-17(16-26-27-24(28)23-11-6-14-32-23)12-13-21(22)31-25(29)20-10-5-8-18-7-3-4-9-19(18)20/h3-16H,2H2,1H3,(H,27,28)/b26-16+. The molecule has 0 saturated heterocycles. The number of hydrazone groups is 1. The minimum atomic E-state index is -0.465. The molecule has 0 spiro atoms. The van der Waals surface area contributed by atoms with Crippen LogP contribution < -0.4 is 14.9 Å². The van der Waals surface area contributed by atoms with Crippen LogP contribution >= 0.6 is 11.3 Å². The molecule has 1 heterocycles. The van der Waals surface area contributed by atoms with E-state index in [9.17, 15) is 9.59 Å². The third kappa shape index (κ3) is 4.84. The average molecular weight is 445 g/mol. The summed E-state index contributed by atoms with van der Waals surface area (Å²) in [6.45, 7) is 2.24. The highest BCUT2D eigenvalue weighted by atomic mass is 32.1. The van der Waals surface area contributed by atoms with Crippen LogP contribution in [0.4, 0.5) is 0 Å². The number of carbonyl (C=O) groups excluding carboxylic acids is 2. The smallest absolute Gasteiger partial charge is 0.344 e. The second kappa shape index (κ2) is 9.89. The van der Waals surface area contributed by atoms with Crippen LogP contribution in [0, 0.1) is 0 Å². The monoisotopic (exact) mass is 444 g/mol. The van der Waals surface area contributed by atoms with Crippen LogP contribution in [0.25, 0.3) is 10.8 Å². The first kappa shape index (κ1) is 21.3. The van der Waals surface area contributed by atoms with Crippen molar-refractivity contribution in [3.8, 4) is 11.5 Å². The molecule has 4 rings (SSSR count). The van der Waals surface area contributed by atoms with Crippen molar-refractivity contribution < 1.29 is 19.1 Å². The van der Waals surface area contributed by atoms with E-state index in [4.69, 9.17) is 9.47 Å².